The van der Waals surface area contributed by atoms with Crippen molar-refractivity contribution >= 4 is 22.9 Å². The van der Waals surface area contributed by atoms with Crippen molar-refractivity contribution < 1.29 is 9.53 Å². The Morgan fingerprint density at radius 1 is 1.03 bits per heavy atom. The van der Waals surface area contributed by atoms with Crippen LogP contribution in [0.25, 0.3) is 16.9 Å². The van der Waals surface area contributed by atoms with E-state index in [9.17, 15) is 4.79 Å². The third-order valence-electron chi connectivity index (χ3n) is 6.19. The Balaban J connectivity index is 1.25. The molecule has 8 nitrogen and oxygen atoms in total. The number of imidazole rings is 1. The summed E-state index contributed by atoms with van der Waals surface area (Å²) in [6.07, 6.45) is 1.81. The van der Waals surface area contributed by atoms with Crippen LogP contribution in [0.2, 0.25) is 0 Å². The van der Waals surface area contributed by atoms with Gasteiger partial charge in [0.25, 0.3) is 0 Å². The molecule has 1 N–H and O–H groups in total. The van der Waals surface area contributed by atoms with E-state index >= 15 is 0 Å². The predicted molar refractivity (Wildman–Crippen MR) is 137 cm³/mol. The Labute approximate surface area is 205 Å². The predicted octanol–water partition coefficient (Wildman–Crippen LogP) is 4.48. The first-order valence-electron chi connectivity index (χ1n) is 12.0. The smallest absolute Gasteiger partial charge is 0.321 e. The van der Waals surface area contributed by atoms with Gasteiger partial charge in [0.05, 0.1) is 13.2 Å². The summed E-state index contributed by atoms with van der Waals surface area (Å²) in [4.78, 5) is 26.5. The molecule has 3 heterocycles. The highest BCUT2D eigenvalue weighted by Crippen LogP contribution is 2.22. The van der Waals surface area contributed by atoms with Gasteiger partial charge in [0.2, 0.25) is 0 Å². The third kappa shape index (κ3) is 5.12. The van der Waals surface area contributed by atoms with E-state index in [0.717, 1.165) is 47.2 Å². The molecular weight excluding hydrogens is 440 g/mol. The zero-order valence-electron chi connectivity index (χ0n) is 20.1. The molecule has 180 valence electrons. The minimum Gasteiger partial charge on any atom is -0.494 e. The van der Waals surface area contributed by atoms with Crippen LogP contribution < -0.4 is 10.1 Å². The number of ether oxygens (including phenoxy) is 1. The van der Waals surface area contributed by atoms with Crippen LogP contribution >= 0.6 is 0 Å². The molecule has 1 fully saturated rings. The average molecular weight is 471 g/mol. The first kappa shape index (κ1) is 22.9. The molecule has 2 aromatic carbocycles. The van der Waals surface area contributed by atoms with Gasteiger partial charge in [0, 0.05) is 43.8 Å². The number of hydrogen-bond donors (Lipinski definition) is 1. The van der Waals surface area contributed by atoms with Crippen LogP contribution in [0.15, 0.2) is 66.9 Å². The molecule has 1 aliphatic heterocycles. The zero-order chi connectivity index (χ0) is 24.2. The van der Waals surface area contributed by atoms with Gasteiger partial charge in [-0.3, -0.25) is 9.47 Å². The summed E-state index contributed by atoms with van der Waals surface area (Å²) in [5.74, 6) is 1.75. The number of rotatable bonds is 6. The number of urea groups is 1. The molecule has 0 unspecified atom stereocenters. The second-order valence-corrected chi connectivity index (χ2v) is 8.70. The van der Waals surface area contributed by atoms with Crippen molar-refractivity contribution in [2.24, 2.45) is 0 Å². The number of aryl methyl sites for hydroxylation is 1. The summed E-state index contributed by atoms with van der Waals surface area (Å²) in [6.45, 7) is 8.23. The number of hydrogen-bond acceptors (Lipinski definition) is 5. The van der Waals surface area contributed by atoms with E-state index in [1.165, 1.54) is 5.56 Å². The minimum absolute atomic E-state index is 0.0787. The lowest BCUT2D eigenvalue weighted by atomic mass is 10.2. The fraction of sp³-hybridized carbons (Fsp3) is 0.296. The van der Waals surface area contributed by atoms with E-state index in [1.54, 1.807) is 0 Å². The average Bonchev–Trinajstić information content (AvgIpc) is 3.23. The minimum atomic E-state index is -0.0787. The first-order chi connectivity index (χ1) is 17.1. The van der Waals surface area contributed by atoms with E-state index in [2.05, 4.69) is 51.0 Å². The Hall–Kier alpha value is -3.91. The number of anilines is 1. The van der Waals surface area contributed by atoms with Gasteiger partial charge in [0.15, 0.2) is 5.65 Å². The van der Waals surface area contributed by atoms with Gasteiger partial charge in [0.1, 0.15) is 17.1 Å². The lowest BCUT2D eigenvalue weighted by Crippen LogP contribution is -2.49. The number of aromatic nitrogens is 3. The zero-order valence-corrected chi connectivity index (χ0v) is 20.1. The molecule has 4 aromatic rings. The van der Waals surface area contributed by atoms with Crippen LogP contribution in [0.5, 0.6) is 5.75 Å². The maximum Gasteiger partial charge on any atom is 0.321 e. The number of nitrogens with zero attached hydrogens (tertiary/aromatic N) is 5. The molecule has 0 atom stereocenters. The van der Waals surface area contributed by atoms with Gasteiger partial charge in [-0.05, 0) is 67.9 Å². The van der Waals surface area contributed by atoms with Crippen molar-refractivity contribution in [3.63, 3.8) is 0 Å². The summed E-state index contributed by atoms with van der Waals surface area (Å²) < 4.78 is 7.61. The van der Waals surface area contributed by atoms with Crippen molar-refractivity contribution in [3.8, 4) is 11.4 Å². The van der Waals surface area contributed by atoms with Crippen molar-refractivity contribution in [1.82, 2.24) is 24.3 Å². The highest BCUT2D eigenvalue weighted by atomic mass is 16.5. The summed E-state index contributed by atoms with van der Waals surface area (Å²) in [6, 6.07) is 19.7. The van der Waals surface area contributed by atoms with Crippen LogP contribution in [-0.2, 0) is 6.54 Å². The second kappa shape index (κ2) is 10.1. The van der Waals surface area contributed by atoms with Gasteiger partial charge >= 0.3 is 6.03 Å². The van der Waals surface area contributed by atoms with Crippen molar-refractivity contribution in [1.29, 1.82) is 0 Å². The number of pyridine rings is 1. The van der Waals surface area contributed by atoms with Crippen LogP contribution in [0, 0.1) is 6.92 Å². The molecule has 2 amide bonds. The Bertz CT molecular complexity index is 1310. The SMILES string of the molecule is CCOc1ccc(NC(=O)N2CCN(Cc3nc4cccnc4n3-c3cccc(C)c3)CC2)cc1. The summed E-state index contributed by atoms with van der Waals surface area (Å²) in [5.41, 5.74) is 4.77. The van der Waals surface area contributed by atoms with Gasteiger partial charge in [-0.15, -0.1) is 0 Å². The lowest BCUT2D eigenvalue weighted by molar-refractivity contribution is 0.140. The number of fused-ring (bicyclic) bond motifs is 1. The maximum absolute atomic E-state index is 12.8. The highest BCUT2D eigenvalue weighted by Gasteiger charge is 2.23. The number of carbonyl (C=O) groups excluding carboxylic acids is 1. The Kier molecular flexibility index (Phi) is 6.63. The molecule has 1 aliphatic rings. The van der Waals surface area contributed by atoms with Gasteiger partial charge < -0.3 is 15.0 Å². The molecule has 1 saturated heterocycles. The number of nitrogens with one attached hydrogen (secondary N) is 1. The number of piperazine rings is 1. The molecule has 0 bridgehead atoms. The van der Waals surface area contributed by atoms with Gasteiger partial charge in [-0.1, -0.05) is 12.1 Å². The molecule has 0 radical (unpaired) electrons. The molecule has 35 heavy (non-hydrogen) atoms. The van der Waals surface area contributed by atoms with E-state index in [1.807, 2.05) is 54.4 Å². The van der Waals surface area contributed by atoms with Crippen LogP contribution in [0.3, 0.4) is 0 Å². The monoisotopic (exact) mass is 470 g/mol. The standard InChI is InChI=1S/C27H30N6O2/c1-3-35-23-11-9-21(10-12-23)29-27(34)32-16-14-31(15-17-32)19-25-30-24-8-5-13-28-26(24)33(25)22-7-4-6-20(2)18-22/h4-13,18H,3,14-17,19H2,1-2H3,(H,29,34). The number of amides is 2. The summed E-state index contributed by atoms with van der Waals surface area (Å²) >= 11 is 0. The molecule has 0 aliphatic carbocycles. The fourth-order valence-corrected chi connectivity index (χ4v) is 4.42. The lowest BCUT2D eigenvalue weighted by Gasteiger charge is -2.34. The molecular formula is C27H30N6O2. The van der Waals surface area contributed by atoms with Crippen molar-refractivity contribution in [2.45, 2.75) is 20.4 Å². The van der Waals surface area contributed by atoms with E-state index in [4.69, 9.17) is 9.72 Å². The van der Waals surface area contributed by atoms with Crippen molar-refractivity contribution in [2.75, 3.05) is 38.1 Å². The first-order valence-corrected chi connectivity index (χ1v) is 12.0. The van der Waals surface area contributed by atoms with Crippen LogP contribution in [-0.4, -0.2) is 63.2 Å². The molecule has 8 heteroatoms. The van der Waals surface area contributed by atoms with E-state index < -0.39 is 0 Å². The Morgan fingerprint density at radius 2 is 1.83 bits per heavy atom. The quantitative estimate of drug-likeness (QED) is 0.450. The Morgan fingerprint density at radius 3 is 2.57 bits per heavy atom. The number of carbonyl (C=O) groups is 1. The summed E-state index contributed by atoms with van der Waals surface area (Å²) in [5, 5.41) is 2.99. The van der Waals surface area contributed by atoms with E-state index in [-0.39, 0.29) is 6.03 Å². The van der Waals surface area contributed by atoms with Crippen LogP contribution in [0.1, 0.15) is 18.3 Å². The second-order valence-electron chi connectivity index (χ2n) is 8.70. The van der Waals surface area contributed by atoms with Crippen LogP contribution in [0.4, 0.5) is 10.5 Å². The van der Waals surface area contributed by atoms with E-state index in [0.29, 0.717) is 26.2 Å². The number of benzene rings is 2. The topological polar surface area (TPSA) is 75.5 Å². The molecule has 2 aromatic heterocycles. The largest absolute Gasteiger partial charge is 0.494 e. The highest BCUT2D eigenvalue weighted by molar-refractivity contribution is 5.89. The summed E-state index contributed by atoms with van der Waals surface area (Å²) in [7, 11) is 0. The van der Waals surface area contributed by atoms with Gasteiger partial charge in [-0.25, -0.2) is 14.8 Å². The molecule has 5 rings (SSSR count). The third-order valence-corrected chi connectivity index (χ3v) is 6.19. The molecule has 0 spiro atoms. The maximum atomic E-state index is 12.8. The van der Waals surface area contributed by atoms with Crippen molar-refractivity contribution in [3.05, 3.63) is 78.2 Å². The van der Waals surface area contributed by atoms with Gasteiger partial charge in [-0.2, -0.15) is 0 Å². The fourth-order valence-electron chi connectivity index (χ4n) is 4.42. The molecule has 0 saturated carbocycles. The normalized spacial score (nSPS) is 14.3.